The number of amides is 1. The van der Waals surface area contributed by atoms with Crippen molar-refractivity contribution >= 4 is 23.7 Å². The Morgan fingerprint density at radius 3 is 2.58 bits per heavy atom. The van der Waals surface area contributed by atoms with Crippen molar-refractivity contribution in [2.75, 3.05) is 0 Å². The van der Waals surface area contributed by atoms with Gasteiger partial charge in [-0.1, -0.05) is 23.7 Å². The molecule has 0 aliphatic rings. The summed E-state index contributed by atoms with van der Waals surface area (Å²) in [5, 5.41) is 4.19. The van der Waals surface area contributed by atoms with Crippen LogP contribution >= 0.6 is 11.6 Å². The summed E-state index contributed by atoms with van der Waals surface area (Å²) in [4.78, 5) is 11.9. The molecule has 0 aliphatic carbocycles. The van der Waals surface area contributed by atoms with Gasteiger partial charge in [0.05, 0.1) is 16.8 Å². The van der Waals surface area contributed by atoms with Gasteiger partial charge in [-0.15, -0.1) is 0 Å². The van der Waals surface area contributed by atoms with Gasteiger partial charge in [-0.3, -0.25) is 4.79 Å². The first-order valence-electron chi connectivity index (χ1n) is 7.07. The summed E-state index contributed by atoms with van der Waals surface area (Å²) >= 11 is 5.94. The summed E-state index contributed by atoms with van der Waals surface area (Å²) in [7, 11) is 0. The molecule has 0 atom stereocenters. The number of furan rings is 1. The van der Waals surface area contributed by atoms with Crippen LogP contribution in [0.25, 0.3) is 11.3 Å². The maximum absolute atomic E-state index is 12.9. The van der Waals surface area contributed by atoms with Gasteiger partial charge in [0.15, 0.2) is 0 Å². The summed E-state index contributed by atoms with van der Waals surface area (Å²) in [5.41, 5.74) is 3.46. The molecule has 2 aromatic carbocycles. The molecule has 0 saturated heterocycles. The van der Waals surface area contributed by atoms with Crippen molar-refractivity contribution in [1.82, 2.24) is 5.43 Å². The Kier molecular flexibility index (Phi) is 4.72. The van der Waals surface area contributed by atoms with Crippen molar-refractivity contribution in [3.63, 3.8) is 0 Å². The van der Waals surface area contributed by atoms with Crippen LogP contribution in [0, 0.1) is 5.82 Å². The predicted octanol–water partition coefficient (Wildman–Crippen LogP) is 4.50. The molecule has 3 rings (SSSR count). The lowest BCUT2D eigenvalue weighted by Gasteiger charge is -2.01. The first kappa shape index (κ1) is 16.0. The lowest BCUT2D eigenvalue weighted by atomic mass is 10.2. The van der Waals surface area contributed by atoms with Gasteiger partial charge >= 0.3 is 0 Å². The van der Waals surface area contributed by atoms with E-state index in [0.29, 0.717) is 22.1 Å². The number of nitrogens with zero attached hydrogens (tertiary/aromatic N) is 1. The van der Waals surface area contributed by atoms with Crippen LogP contribution in [0.5, 0.6) is 0 Å². The number of hydrazone groups is 1. The van der Waals surface area contributed by atoms with Crippen LogP contribution in [0.1, 0.15) is 16.1 Å². The SMILES string of the molecule is O=C(N/N=C/c1ccc(-c2ccc(F)cc2)o1)c1ccccc1Cl. The summed E-state index contributed by atoms with van der Waals surface area (Å²) in [6.45, 7) is 0. The van der Waals surface area contributed by atoms with Crippen LogP contribution < -0.4 is 5.43 Å². The molecule has 1 N–H and O–H groups in total. The van der Waals surface area contributed by atoms with E-state index >= 15 is 0 Å². The largest absolute Gasteiger partial charge is 0.455 e. The van der Waals surface area contributed by atoms with Crippen molar-refractivity contribution in [2.24, 2.45) is 5.10 Å². The van der Waals surface area contributed by atoms with Gasteiger partial charge in [0.25, 0.3) is 5.91 Å². The second-order valence-corrected chi connectivity index (χ2v) is 5.30. The van der Waals surface area contributed by atoms with Crippen molar-refractivity contribution in [3.05, 3.63) is 82.8 Å². The lowest BCUT2D eigenvalue weighted by molar-refractivity contribution is 0.0955. The molecule has 0 unspecified atom stereocenters. The monoisotopic (exact) mass is 342 g/mol. The molecule has 120 valence electrons. The van der Waals surface area contributed by atoms with Crippen molar-refractivity contribution in [3.8, 4) is 11.3 Å². The molecule has 3 aromatic rings. The molecule has 24 heavy (non-hydrogen) atoms. The summed E-state index contributed by atoms with van der Waals surface area (Å²) in [6.07, 6.45) is 1.38. The fourth-order valence-electron chi connectivity index (χ4n) is 2.05. The van der Waals surface area contributed by atoms with E-state index < -0.39 is 5.91 Å². The number of halogens is 2. The Bertz CT molecular complexity index is 888. The molecule has 0 bridgehead atoms. The third-order valence-corrected chi connectivity index (χ3v) is 3.56. The van der Waals surface area contributed by atoms with E-state index in [1.165, 1.54) is 18.3 Å². The number of nitrogens with one attached hydrogen (secondary N) is 1. The van der Waals surface area contributed by atoms with Gasteiger partial charge in [-0.05, 0) is 48.5 Å². The van der Waals surface area contributed by atoms with E-state index in [0.717, 1.165) is 5.56 Å². The van der Waals surface area contributed by atoms with Crippen LogP contribution in [0.3, 0.4) is 0 Å². The molecule has 0 saturated carbocycles. The third kappa shape index (κ3) is 3.70. The zero-order chi connectivity index (χ0) is 16.9. The van der Waals surface area contributed by atoms with Gasteiger partial charge < -0.3 is 4.42 Å². The Hall–Kier alpha value is -2.92. The summed E-state index contributed by atoms with van der Waals surface area (Å²) in [6, 6.07) is 16.1. The minimum absolute atomic E-state index is 0.311. The van der Waals surface area contributed by atoms with E-state index in [9.17, 15) is 9.18 Å². The van der Waals surface area contributed by atoms with Crippen LogP contribution in [0.4, 0.5) is 4.39 Å². The Balaban J connectivity index is 1.66. The number of rotatable bonds is 4. The first-order valence-corrected chi connectivity index (χ1v) is 7.45. The molecule has 0 fully saturated rings. The first-order chi connectivity index (χ1) is 11.6. The lowest BCUT2D eigenvalue weighted by Crippen LogP contribution is -2.17. The topological polar surface area (TPSA) is 54.6 Å². The average molecular weight is 343 g/mol. The number of carbonyl (C=O) groups excluding carboxylic acids is 1. The van der Waals surface area contributed by atoms with E-state index in [1.54, 1.807) is 48.5 Å². The smallest absolute Gasteiger partial charge is 0.272 e. The predicted molar refractivity (Wildman–Crippen MR) is 90.6 cm³/mol. The zero-order valence-electron chi connectivity index (χ0n) is 12.4. The van der Waals surface area contributed by atoms with Gasteiger partial charge in [-0.25, -0.2) is 9.82 Å². The van der Waals surface area contributed by atoms with Crippen molar-refractivity contribution in [1.29, 1.82) is 0 Å². The fraction of sp³-hybridized carbons (Fsp3) is 0. The van der Waals surface area contributed by atoms with E-state index in [4.69, 9.17) is 16.0 Å². The number of hydrogen-bond acceptors (Lipinski definition) is 3. The Labute approximate surface area is 142 Å². The van der Waals surface area contributed by atoms with Crippen LogP contribution in [0.2, 0.25) is 5.02 Å². The van der Waals surface area contributed by atoms with Gasteiger partial charge in [-0.2, -0.15) is 5.10 Å². The molecule has 0 spiro atoms. The van der Waals surface area contributed by atoms with Crippen LogP contribution in [-0.2, 0) is 0 Å². The normalized spacial score (nSPS) is 10.9. The minimum Gasteiger partial charge on any atom is -0.455 e. The highest BCUT2D eigenvalue weighted by Gasteiger charge is 2.08. The van der Waals surface area contributed by atoms with Gasteiger partial charge in [0, 0.05) is 5.56 Å². The number of hydrogen-bond donors (Lipinski definition) is 1. The van der Waals surface area contributed by atoms with Crippen LogP contribution in [0.15, 0.2) is 70.2 Å². The van der Waals surface area contributed by atoms with E-state index in [1.807, 2.05) is 0 Å². The molecule has 1 amide bonds. The van der Waals surface area contributed by atoms with E-state index in [-0.39, 0.29) is 5.82 Å². The summed E-state index contributed by atoms with van der Waals surface area (Å²) in [5.74, 6) is 0.305. The fourth-order valence-corrected chi connectivity index (χ4v) is 2.27. The molecule has 1 heterocycles. The Morgan fingerprint density at radius 1 is 1.08 bits per heavy atom. The number of benzene rings is 2. The highest BCUT2D eigenvalue weighted by atomic mass is 35.5. The van der Waals surface area contributed by atoms with Gasteiger partial charge in [0.2, 0.25) is 0 Å². The molecule has 6 heteroatoms. The molecular weight excluding hydrogens is 331 g/mol. The molecular formula is C18H12ClFN2O2. The standard InChI is InChI=1S/C18H12ClFN2O2/c19-16-4-2-1-3-15(16)18(23)22-21-11-14-9-10-17(24-14)12-5-7-13(20)8-6-12/h1-11H,(H,22,23)/b21-11+. The van der Waals surface area contributed by atoms with Crippen molar-refractivity contribution in [2.45, 2.75) is 0 Å². The third-order valence-electron chi connectivity index (χ3n) is 3.23. The molecule has 0 radical (unpaired) electrons. The molecule has 1 aromatic heterocycles. The average Bonchev–Trinajstić information content (AvgIpc) is 3.04. The quantitative estimate of drug-likeness (QED) is 0.560. The maximum Gasteiger partial charge on any atom is 0.272 e. The maximum atomic E-state index is 12.9. The molecule has 4 nitrogen and oxygen atoms in total. The number of carbonyl (C=O) groups is 1. The Morgan fingerprint density at radius 2 is 1.83 bits per heavy atom. The summed E-state index contributed by atoms with van der Waals surface area (Å²) < 4.78 is 18.5. The highest BCUT2D eigenvalue weighted by molar-refractivity contribution is 6.33. The van der Waals surface area contributed by atoms with Gasteiger partial charge in [0.1, 0.15) is 17.3 Å². The minimum atomic E-state index is -0.415. The van der Waals surface area contributed by atoms with Crippen molar-refractivity contribution < 1.29 is 13.6 Å². The van der Waals surface area contributed by atoms with E-state index in [2.05, 4.69) is 10.5 Å². The molecule has 0 aliphatic heterocycles. The second kappa shape index (κ2) is 7.10. The second-order valence-electron chi connectivity index (χ2n) is 4.89. The highest BCUT2D eigenvalue weighted by Crippen LogP contribution is 2.21. The zero-order valence-corrected chi connectivity index (χ0v) is 13.1. The van der Waals surface area contributed by atoms with Crippen LogP contribution in [-0.4, -0.2) is 12.1 Å².